The number of hydrogen-bond acceptors (Lipinski definition) is 4. The zero-order valence-corrected chi connectivity index (χ0v) is 11.3. The third-order valence-corrected chi connectivity index (χ3v) is 3.22. The Morgan fingerprint density at radius 2 is 2.16 bits per heavy atom. The summed E-state index contributed by atoms with van der Waals surface area (Å²) in [6.07, 6.45) is 0. The van der Waals surface area contributed by atoms with Crippen LogP contribution in [0, 0.1) is 16.0 Å². The Morgan fingerprint density at radius 3 is 2.68 bits per heavy atom. The molecule has 1 aromatic rings. The van der Waals surface area contributed by atoms with Crippen molar-refractivity contribution in [2.75, 3.05) is 6.61 Å². The predicted octanol–water partition coefficient (Wildman–Crippen LogP) is 1.99. The largest absolute Gasteiger partial charge is 0.396 e. The summed E-state index contributed by atoms with van der Waals surface area (Å²) >= 11 is 5.73. The number of halogens is 1. The third kappa shape index (κ3) is 3.65. The summed E-state index contributed by atoms with van der Waals surface area (Å²) in [6.45, 7) is 3.39. The van der Waals surface area contributed by atoms with Crippen molar-refractivity contribution in [1.82, 2.24) is 5.32 Å². The van der Waals surface area contributed by atoms with Crippen LogP contribution in [0.1, 0.15) is 24.2 Å². The number of aliphatic hydroxyl groups excluding tert-OH is 1. The van der Waals surface area contributed by atoms with Gasteiger partial charge in [0.2, 0.25) is 0 Å². The fourth-order valence-corrected chi connectivity index (χ4v) is 1.71. The number of hydrogen-bond donors (Lipinski definition) is 2. The van der Waals surface area contributed by atoms with Crippen LogP contribution in [-0.2, 0) is 0 Å². The highest BCUT2D eigenvalue weighted by Gasteiger charge is 2.25. The molecule has 0 aromatic heterocycles. The molecule has 0 aliphatic heterocycles. The maximum atomic E-state index is 12.0. The molecule has 2 unspecified atom stereocenters. The molecule has 0 saturated carbocycles. The molecule has 6 nitrogen and oxygen atoms in total. The number of carbonyl (C=O) groups excluding carboxylic acids is 1. The highest BCUT2D eigenvalue weighted by Crippen LogP contribution is 2.28. The van der Waals surface area contributed by atoms with Crippen molar-refractivity contribution in [2.24, 2.45) is 5.92 Å². The first kappa shape index (κ1) is 15.4. The first-order chi connectivity index (χ1) is 8.88. The maximum absolute atomic E-state index is 12.0. The van der Waals surface area contributed by atoms with Crippen LogP contribution in [0.5, 0.6) is 0 Å². The number of para-hydroxylation sites is 1. The van der Waals surface area contributed by atoms with Crippen LogP contribution in [0.4, 0.5) is 5.69 Å². The molecule has 1 rings (SSSR count). The van der Waals surface area contributed by atoms with Crippen molar-refractivity contribution >= 4 is 23.2 Å². The molecule has 2 atom stereocenters. The Morgan fingerprint density at radius 1 is 1.53 bits per heavy atom. The normalized spacial score (nSPS) is 13.7. The first-order valence-electron chi connectivity index (χ1n) is 5.73. The van der Waals surface area contributed by atoms with Gasteiger partial charge in [-0.25, -0.2) is 0 Å². The fraction of sp³-hybridized carbons (Fsp3) is 0.417. The van der Waals surface area contributed by atoms with E-state index in [1.54, 1.807) is 13.8 Å². The molecule has 0 radical (unpaired) electrons. The Hall–Kier alpha value is -1.66. The number of nitro groups is 1. The van der Waals surface area contributed by atoms with Gasteiger partial charge in [-0.2, -0.15) is 0 Å². The summed E-state index contributed by atoms with van der Waals surface area (Å²) in [5.41, 5.74) is -0.500. The van der Waals surface area contributed by atoms with Crippen molar-refractivity contribution in [3.63, 3.8) is 0 Å². The zero-order chi connectivity index (χ0) is 14.6. The number of aliphatic hydroxyl groups is 1. The summed E-state index contributed by atoms with van der Waals surface area (Å²) in [7, 11) is 0. The Kier molecular flexibility index (Phi) is 5.26. The number of rotatable bonds is 5. The van der Waals surface area contributed by atoms with Crippen LogP contribution >= 0.6 is 11.6 Å². The number of nitrogens with zero attached hydrogens (tertiary/aromatic N) is 1. The van der Waals surface area contributed by atoms with E-state index in [2.05, 4.69) is 5.32 Å². The van der Waals surface area contributed by atoms with Crippen LogP contribution in [0.3, 0.4) is 0 Å². The van der Waals surface area contributed by atoms with Gasteiger partial charge in [0.1, 0.15) is 10.6 Å². The average molecular weight is 287 g/mol. The molecule has 2 N–H and O–H groups in total. The molecule has 19 heavy (non-hydrogen) atoms. The van der Waals surface area contributed by atoms with E-state index in [0.717, 1.165) is 0 Å². The van der Waals surface area contributed by atoms with E-state index >= 15 is 0 Å². The second-order valence-corrected chi connectivity index (χ2v) is 4.72. The monoisotopic (exact) mass is 286 g/mol. The summed E-state index contributed by atoms with van der Waals surface area (Å²) in [4.78, 5) is 22.2. The highest BCUT2D eigenvalue weighted by atomic mass is 35.5. The lowest BCUT2D eigenvalue weighted by Crippen LogP contribution is -2.38. The standard InChI is InChI=1S/C12H15ClN2O4/c1-7(6-16)8(2)14-12(17)9-4-3-5-10(13)11(9)15(18)19/h3-5,7-8,16H,6H2,1-2H3,(H,14,17). The van der Waals surface area contributed by atoms with E-state index in [1.807, 2.05) is 0 Å². The lowest BCUT2D eigenvalue weighted by molar-refractivity contribution is -0.385. The molecule has 0 aliphatic carbocycles. The average Bonchev–Trinajstić information content (AvgIpc) is 2.36. The van der Waals surface area contributed by atoms with Gasteiger partial charge in [-0.15, -0.1) is 0 Å². The number of benzene rings is 1. The SMILES string of the molecule is CC(CO)C(C)NC(=O)c1cccc(Cl)c1[N+](=O)[O-]. The molecule has 0 spiro atoms. The number of nitro benzene ring substituents is 1. The molecule has 0 saturated heterocycles. The molecule has 0 bridgehead atoms. The van der Waals surface area contributed by atoms with Crippen molar-refractivity contribution in [3.8, 4) is 0 Å². The lowest BCUT2D eigenvalue weighted by atomic mass is 10.0. The molecule has 1 amide bonds. The minimum atomic E-state index is -0.683. The van der Waals surface area contributed by atoms with Crippen molar-refractivity contribution < 1.29 is 14.8 Å². The smallest absolute Gasteiger partial charge is 0.300 e. The number of amides is 1. The highest BCUT2D eigenvalue weighted by molar-refractivity contribution is 6.33. The molecule has 0 fully saturated rings. The van der Waals surface area contributed by atoms with Crippen molar-refractivity contribution in [2.45, 2.75) is 19.9 Å². The summed E-state index contributed by atoms with van der Waals surface area (Å²) in [5, 5.41) is 22.4. The Labute approximate surface area is 115 Å². The van der Waals surface area contributed by atoms with Gasteiger partial charge in [0, 0.05) is 12.6 Å². The Bertz CT molecular complexity index is 493. The van der Waals surface area contributed by atoms with Crippen LogP contribution in [0.2, 0.25) is 5.02 Å². The van der Waals surface area contributed by atoms with E-state index in [1.165, 1.54) is 18.2 Å². The zero-order valence-electron chi connectivity index (χ0n) is 10.6. The van der Waals surface area contributed by atoms with Crippen LogP contribution in [0.15, 0.2) is 18.2 Å². The van der Waals surface area contributed by atoms with Crippen molar-refractivity contribution in [1.29, 1.82) is 0 Å². The van der Waals surface area contributed by atoms with Gasteiger partial charge in [-0.05, 0) is 25.0 Å². The van der Waals surface area contributed by atoms with Crippen LogP contribution in [-0.4, -0.2) is 28.6 Å². The fourth-order valence-electron chi connectivity index (χ4n) is 1.47. The third-order valence-electron chi connectivity index (χ3n) is 2.91. The Balaban J connectivity index is 3.01. The minimum Gasteiger partial charge on any atom is -0.396 e. The molecular weight excluding hydrogens is 272 g/mol. The molecule has 0 aliphatic rings. The van der Waals surface area contributed by atoms with E-state index in [0.29, 0.717) is 0 Å². The second-order valence-electron chi connectivity index (χ2n) is 4.32. The minimum absolute atomic E-state index is 0.0829. The summed E-state index contributed by atoms with van der Waals surface area (Å²) in [6, 6.07) is 3.87. The van der Waals surface area contributed by atoms with Gasteiger partial charge in [0.15, 0.2) is 0 Å². The number of nitrogens with one attached hydrogen (secondary N) is 1. The van der Waals surface area contributed by atoms with Gasteiger partial charge in [0.25, 0.3) is 5.91 Å². The van der Waals surface area contributed by atoms with Gasteiger partial charge >= 0.3 is 5.69 Å². The summed E-state index contributed by atoms with van der Waals surface area (Å²) < 4.78 is 0. The van der Waals surface area contributed by atoms with E-state index in [9.17, 15) is 14.9 Å². The van der Waals surface area contributed by atoms with Gasteiger partial charge < -0.3 is 10.4 Å². The quantitative estimate of drug-likeness (QED) is 0.639. The first-order valence-corrected chi connectivity index (χ1v) is 6.11. The molecular formula is C12H15ClN2O4. The van der Waals surface area contributed by atoms with E-state index < -0.39 is 16.5 Å². The topological polar surface area (TPSA) is 92.5 Å². The molecule has 104 valence electrons. The van der Waals surface area contributed by atoms with E-state index in [4.69, 9.17) is 16.7 Å². The van der Waals surface area contributed by atoms with Gasteiger partial charge in [-0.3, -0.25) is 14.9 Å². The van der Waals surface area contributed by atoms with Crippen molar-refractivity contribution in [3.05, 3.63) is 38.9 Å². The number of carbonyl (C=O) groups is 1. The summed E-state index contributed by atoms with van der Waals surface area (Å²) in [5.74, 6) is -0.732. The predicted molar refractivity (Wildman–Crippen MR) is 71.3 cm³/mol. The lowest BCUT2D eigenvalue weighted by Gasteiger charge is -2.19. The van der Waals surface area contributed by atoms with E-state index in [-0.39, 0.29) is 29.2 Å². The molecule has 7 heteroatoms. The van der Waals surface area contributed by atoms with Gasteiger partial charge in [0.05, 0.1) is 4.92 Å². The maximum Gasteiger partial charge on any atom is 0.300 e. The second kappa shape index (κ2) is 6.49. The van der Waals surface area contributed by atoms with Crippen LogP contribution in [0.25, 0.3) is 0 Å². The molecule has 1 aromatic carbocycles. The van der Waals surface area contributed by atoms with Gasteiger partial charge in [-0.1, -0.05) is 24.6 Å². The van der Waals surface area contributed by atoms with Crippen LogP contribution < -0.4 is 5.32 Å². The molecule has 0 heterocycles.